The molecule has 0 aromatic heterocycles. The maximum atomic E-state index is 12.9. The van der Waals surface area contributed by atoms with Crippen LogP contribution in [0.1, 0.15) is 40.4 Å². The van der Waals surface area contributed by atoms with Crippen LogP contribution >= 0.6 is 0 Å². The summed E-state index contributed by atoms with van der Waals surface area (Å²) in [7, 11) is 0. The van der Waals surface area contributed by atoms with Gasteiger partial charge in [0.25, 0.3) is 5.91 Å². The molecular formula is C29H31N3O4. The third kappa shape index (κ3) is 6.37. The van der Waals surface area contributed by atoms with Crippen LogP contribution in [0.15, 0.2) is 91.0 Å². The number of carboxylic acid groups (broad SMARTS) is 1. The van der Waals surface area contributed by atoms with E-state index >= 15 is 0 Å². The van der Waals surface area contributed by atoms with Crippen molar-refractivity contribution in [3.63, 3.8) is 0 Å². The van der Waals surface area contributed by atoms with E-state index in [0.717, 1.165) is 0 Å². The number of benzene rings is 3. The predicted molar refractivity (Wildman–Crippen MR) is 137 cm³/mol. The van der Waals surface area contributed by atoms with Crippen LogP contribution in [0.4, 0.5) is 0 Å². The second-order valence-electron chi connectivity index (χ2n) is 8.91. The van der Waals surface area contributed by atoms with E-state index in [-0.39, 0.29) is 24.8 Å². The molecule has 2 amide bonds. The molecule has 1 saturated heterocycles. The average molecular weight is 486 g/mol. The fourth-order valence-electron chi connectivity index (χ4n) is 4.63. The molecule has 1 fully saturated rings. The number of hydrogen-bond acceptors (Lipinski definition) is 4. The van der Waals surface area contributed by atoms with Crippen molar-refractivity contribution in [3.05, 3.63) is 108 Å². The van der Waals surface area contributed by atoms with Crippen molar-refractivity contribution >= 4 is 17.8 Å². The lowest BCUT2D eigenvalue weighted by Gasteiger charge is -2.40. The maximum Gasteiger partial charge on any atom is 0.326 e. The molecule has 2 N–H and O–H groups in total. The molecule has 0 aliphatic carbocycles. The highest BCUT2D eigenvalue weighted by Crippen LogP contribution is 2.29. The van der Waals surface area contributed by atoms with Gasteiger partial charge in [0.2, 0.25) is 5.91 Å². The minimum Gasteiger partial charge on any atom is -0.480 e. The van der Waals surface area contributed by atoms with E-state index in [9.17, 15) is 19.5 Å². The Morgan fingerprint density at radius 2 is 1.25 bits per heavy atom. The van der Waals surface area contributed by atoms with Gasteiger partial charge in [0, 0.05) is 38.2 Å². The van der Waals surface area contributed by atoms with Crippen LogP contribution in [0, 0.1) is 0 Å². The van der Waals surface area contributed by atoms with Crippen molar-refractivity contribution in [1.82, 2.24) is 15.1 Å². The number of rotatable bonds is 9. The Morgan fingerprint density at radius 1 is 0.750 bits per heavy atom. The van der Waals surface area contributed by atoms with Gasteiger partial charge in [0.05, 0.1) is 6.04 Å². The topological polar surface area (TPSA) is 90.0 Å². The van der Waals surface area contributed by atoms with Crippen molar-refractivity contribution in [2.24, 2.45) is 0 Å². The van der Waals surface area contributed by atoms with E-state index in [1.54, 1.807) is 35.2 Å². The number of hydrogen-bond donors (Lipinski definition) is 2. The van der Waals surface area contributed by atoms with Gasteiger partial charge < -0.3 is 15.3 Å². The molecule has 1 atom stereocenters. The molecule has 3 aromatic carbocycles. The summed E-state index contributed by atoms with van der Waals surface area (Å²) in [5.41, 5.74) is 2.81. The number of nitrogens with one attached hydrogen (secondary N) is 1. The monoisotopic (exact) mass is 485 g/mol. The quantitative estimate of drug-likeness (QED) is 0.484. The number of amides is 2. The van der Waals surface area contributed by atoms with E-state index in [1.165, 1.54) is 11.1 Å². The summed E-state index contributed by atoms with van der Waals surface area (Å²) in [6, 6.07) is 28.2. The van der Waals surface area contributed by atoms with Gasteiger partial charge in [0.1, 0.15) is 6.04 Å². The molecule has 4 rings (SSSR count). The summed E-state index contributed by atoms with van der Waals surface area (Å²) < 4.78 is 0. The molecule has 1 heterocycles. The second-order valence-corrected chi connectivity index (χ2v) is 8.91. The standard InChI is InChI=1S/C29H31N3O4/c33-26(17-16-25(29(35)36)30-28(34)24-14-8-3-9-15-24)31-18-20-32(21-19-31)27(22-10-4-1-5-11-22)23-12-6-2-7-13-23/h1-15,25,27H,16-21H2,(H,30,34)(H,35,36)/t25-/m0/s1. The smallest absolute Gasteiger partial charge is 0.326 e. The maximum absolute atomic E-state index is 12.9. The molecule has 1 aliphatic rings. The van der Waals surface area contributed by atoms with Crippen LogP contribution < -0.4 is 5.32 Å². The van der Waals surface area contributed by atoms with Crippen LogP contribution in [0.3, 0.4) is 0 Å². The Kier molecular flexibility index (Phi) is 8.47. The molecule has 0 spiro atoms. The first-order valence-electron chi connectivity index (χ1n) is 12.2. The fourth-order valence-corrected chi connectivity index (χ4v) is 4.63. The Hall–Kier alpha value is -3.97. The van der Waals surface area contributed by atoms with Gasteiger partial charge in [-0.05, 0) is 29.7 Å². The highest BCUT2D eigenvalue weighted by molar-refractivity contribution is 5.96. The fraction of sp³-hybridized carbons (Fsp3) is 0.276. The number of nitrogens with zero attached hydrogens (tertiary/aromatic N) is 2. The molecule has 1 aliphatic heterocycles. The van der Waals surface area contributed by atoms with Crippen molar-refractivity contribution in [2.45, 2.75) is 24.9 Å². The zero-order valence-electron chi connectivity index (χ0n) is 20.1. The molecule has 0 saturated carbocycles. The first-order chi connectivity index (χ1) is 17.5. The summed E-state index contributed by atoms with van der Waals surface area (Å²) >= 11 is 0. The summed E-state index contributed by atoms with van der Waals surface area (Å²) in [4.78, 5) is 41.1. The molecule has 7 heteroatoms. The largest absolute Gasteiger partial charge is 0.480 e. The van der Waals surface area contributed by atoms with E-state index in [1.807, 2.05) is 36.4 Å². The SMILES string of the molecule is O=C(N[C@@H](CCC(=O)N1CCN(C(c2ccccc2)c2ccccc2)CC1)C(=O)O)c1ccccc1. The molecule has 0 bridgehead atoms. The molecular weight excluding hydrogens is 454 g/mol. The van der Waals surface area contributed by atoms with Crippen LogP contribution in [-0.2, 0) is 9.59 Å². The Labute approximate surface area is 211 Å². The van der Waals surface area contributed by atoms with E-state index in [2.05, 4.69) is 34.5 Å². The Bertz CT molecular complexity index is 1110. The van der Waals surface area contributed by atoms with Gasteiger partial charge in [-0.1, -0.05) is 78.9 Å². The van der Waals surface area contributed by atoms with Gasteiger partial charge in [-0.2, -0.15) is 0 Å². The van der Waals surface area contributed by atoms with Crippen LogP contribution in [0.2, 0.25) is 0 Å². The first-order valence-corrected chi connectivity index (χ1v) is 12.2. The molecule has 3 aromatic rings. The van der Waals surface area contributed by atoms with Crippen LogP contribution in [0.25, 0.3) is 0 Å². The summed E-state index contributed by atoms with van der Waals surface area (Å²) in [6.07, 6.45) is 0.108. The minimum atomic E-state index is -1.15. The van der Waals surface area contributed by atoms with Gasteiger partial charge in [-0.15, -0.1) is 0 Å². The molecule has 0 unspecified atom stereocenters. The lowest BCUT2D eigenvalue weighted by Crippen LogP contribution is -2.50. The van der Waals surface area contributed by atoms with Crippen molar-refractivity contribution in [3.8, 4) is 0 Å². The highest BCUT2D eigenvalue weighted by atomic mass is 16.4. The Balaban J connectivity index is 1.33. The van der Waals surface area contributed by atoms with E-state index in [4.69, 9.17) is 0 Å². The van der Waals surface area contributed by atoms with Crippen LogP contribution in [0.5, 0.6) is 0 Å². The van der Waals surface area contributed by atoms with Gasteiger partial charge in [0.15, 0.2) is 0 Å². The summed E-state index contributed by atoms with van der Waals surface area (Å²) in [5.74, 6) is -1.70. The number of carbonyl (C=O) groups excluding carboxylic acids is 2. The zero-order chi connectivity index (χ0) is 25.3. The van der Waals surface area contributed by atoms with E-state index in [0.29, 0.717) is 31.7 Å². The minimum absolute atomic E-state index is 0.0452. The zero-order valence-corrected chi connectivity index (χ0v) is 20.1. The molecule has 186 valence electrons. The molecule has 0 radical (unpaired) electrons. The third-order valence-electron chi connectivity index (χ3n) is 6.55. The van der Waals surface area contributed by atoms with Crippen LogP contribution in [-0.4, -0.2) is 64.9 Å². The lowest BCUT2D eigenvalue weighted by molar-refractivity contribution is -0.140. The summed E-state index contributed by atoms with van der Waals surface area (Å²) in [5, 5.41) is 12.1. The van der Waals surface area contributed by atoms with Gasteiger partial charge in [-0.3, -0.25) is 14.5 Å². The predicted octanol–water partition coefficient (Wildman–Crippen LogP) is 3.58. The van der Waals surface area contributed by atoms with Gasteiger partial charge >= 0.3 is 5.97 Å². The number of aliphatic carboxylic acids is 1. The van der Waals surface area contributed by atoms with Crippen molar-refractivity contribution < 1.29 is 19.5 Å². The normalized spacial score (nSPS) is 14.9. The number of carbonyl (C=O) groups is 3. The average Bonchev–Trinajstić information content (AvgIpc) is 2.93. The highest BCUT2D eigenvalue weighted by Gasteiger charge is 2.29. The van der Waals surface area contributed by atoms with E-state index < -0.39 is 17.9 Å². The second kappa shape index (κ2) is 12.1. The molecule has 36 heavy (non-hydrogen) atoms. The Morgan fingerprint density at radius 3 is 1.75 bits per heavy atom. The van der Waals surface area contributed by atoms with Crippen molar-refractivity contribution in [2.75, 3.05) is 26.2 Å². The number of carboxylic acids is 1. The van der Waals surface area contributed by atoms with Gasteiger partial charge in [-0.25, -0.2) is 4.79 Å². The third-order valence-corrected chi connectivity index (χ3v) is 6.55. The summed E-state index contributed by atoms with van der Waals surface area (Å²) in [6.45, 7) is 2.58. The molecule has 7 nitrogen and oxygen atoms in total. The number of piperazine rings is 1. The van der Waals surface area contributed by atoms with Crippen molar-refractivity contribution in [1.29, 1.82) is 0 Å². The first kappa shape index (κ1) is 25.1. The lowest BCUT2D eigenvalue weighted by atomic mass is 9.96.